The van der Waals surface area contributed by atoms with Gasteiger partial charge in [0.2, 0.25) is 5.91 Å². The Morgan fingerprint density at radius 1 is 1.50 bits per heavy atom. The number of rotatable bonds is 5. The molecule has 3 nitrogen and oxygen atoms in total. The predicted molar refractivity (Wildman–Crippen MR) is 80.9 cm³/mol. The largest absolute Gasteiger partial charge is 0.341 e. The molecule has 0 radical (unpaired) electrons. The number of carbonyl (C=O) groups excluding carboxylic acids is 1. The van der Waals surface area contributed by atoms with E-state index in [0.29, 0.717) is 13.0 Å². The quantitative estimate of drug-likeness (QED) is 0.897. The first-order valence-corrected chi connectivity index (χ1v) is 7.67. The number of amides is 1. The first kappa shape index (κ1) is 15.7. The molecule has 1 aromatic heterocycles. The van der Waals surface area contributed by atoms with Crippen molar-refractivity contribution in [3.8, 4) is 0 Å². The minimum Gasteiger partial charge on any atom is -0.341 e. The number of nitrogens with zero attached hydrogens (tertiary/aromatic N) is 1. The van der Waals surface area contributed by atoms with Crippen LogP contribution in [0, 0.1) is 0 Å². The Morgan fingerprint density at radius 3 is 2.67 bits per heavy atom. The Morgan fingerprint density at radius 2 is 2.17 bits per heavy atom. The van der Waals surface area contributed by atoms with E-state index in [9.17, 15) is 4.79 Å². The molecule has 18 heavy (non-hydrogen) atoms. The van der Waals surface area contributed by atoms with Gasteiger partial charge in [0.1, 0.15) is 0 Å². The third-order valence-electron chi connectivity index (χ3n) is 2.43. The standard InChI is InChI=1S/C13H21BrN2OS/c1-13(2,3)15-6-5-12(17)16(4)8-11-7-10(14)9-18-11/h7,9,15H,5-6,8H2,1-4H3. The summed E-state index contributed by atoms with van der Waals surface area (Å²) in [5.74, 6) is 0.177. The second-order valence-corrected chi connectivity index (χ2v) is 7.32. The molecule has 0 bridgehead atoms. The van der Waals surface area contributed by atoms with Crippen LogP contribution in [0.4, 0.5) is 0 Å². The molecule has 1 aromatic rings. The second kappa shape index (κ2) is 6.68. The molecule has 0 atom stereocenters. The molecule has 0 saturated carbocycles. The Bertz CT molecular complexity index is 398. The van der Waals surface area contributed by atoms with E-state index in [-0.39, 0.29) is 11.4 Å². The van der Waals surface area contributed by atoms with Gasteiger partial charge < -0.3 is 10.2 Å². The average molecular weight is 333 g/mol. The van der Waals surface area contributed by atoms with Gasteiger partial charge in [0.25, 0.3) is 0 Å². The maximum atomic E-state index is 11.9. The minimum atomic E-state index is 0.0669. The fourth-order valence-electron chi connectivity index (χ4n) is 1.49. The molecule has 0 spiro atoms. The Hall–Kier alpha value is -0.390. The van der Waals surface area contributed by atoms with E-state index in [2.05, 4.69) is 48.1 Å². The van der Waals surface area contributed by atoms with Crippen molar-refractivity contribution < 1.29 is 4.79 Å². The van der Waals surface area contributed by atoms with Crippen molar-refractivity contribution in [2.45, 2.75) is 39.3 Å². The molecule has 0 aliphatic rings. The summed E-state index contributed by atoms with van der Waals surface area (Å²) in [6.07, 6.45) is 0.542. The maximum absolute atomic E-state index is 11.9. The van der Waals surface area contributed by atoms with E-state index in [4.69, 9.17) is 0 Å². The zero-order chi connectivity index (χ0) is 13.8. The van der Waals surface area contributed by atoms with Crippen LogP contribution in [0.3, 0.4) is 0 Å². The molecule has 1 heterocycles. The lowest BCUT2D eigenvalue weighted by Crippen LogP contribution is -2.38. The first-order valence-electron chi connectivity index (χ1n) is 6.00. The minimum absolute atomic E-state index is 0.0669. The highest BCUT2D eigenvalue weighted by molar-refractivity contribution is 9.10. The van der Waals surface area contributed by atoms with Gasteiger partial charge in [0.15, 0.2) is 0 Å². The summed E-state index contributed by atoms with van der Waals surface area (Å²) in [5, 5.41) is 5.36. The van der Waals surface area contributed by atoms with Crippen LogP contribution in [-0.4, -0.2) is 29.9 Å². The van der Waals surface area contributed by atoms with E-state index in [1.807, 2.05) is 12.4 Å². The van der Waals surface area contributed by atoms with Gasteiger partial charge in [-0.2, -0.15) is 0 Å². The van der Waals surface area contributed by atoms with Gasteiger partial charge in [-0.05, 0) is 42.8 Å². The third-order valence-corrected chi connectivity index (χ3v) is 4.12. The first-order chi connectivity index (χ1) is 8.28. The molecular weight excluding hydrogens is 312 g/mol. The van der Waals surface area contributed by atoms with Gasteiger partial charge in [-0.25, -0.2) is 0 Å². The van der Waals surface area contributed by atoms with Crippen LogP contribution >= 0.6 is 27.3 Å². The lowest BCUT2D eigenvalue weighted by Gasteiger charge is -2.22. The molecule has 1 rings (SSSR count). The number of hydrogen-bond acceptors (Lipinski definition) is 3. The number of thiophene rings is 1. The van der Waals surface area contributed by atoms with Gasteiger partial charge in [0.05, 0.1) is 6.54 Å². The fraction of sp³-hybridized carbons (Fsp3) is 0.615. The van der Waals surface area contributed by atoms with E-state index in [0.717, 1.165) is 11.0 Å². The van der Waals surface area contributed by atoms with Crippen LogP contribution < -0.4 is 5.32 Å². The van der Waals surface area contributed by atoms with Crippen molar-refractivity contribution in [2.75, 3.05) is 13.6 Å². The fourth-order valence-corrected chi connectivity index (χ4v) is 3.00. The smallest absolute Gasteiger partial charge is 0.223 e. The molecule has 0 fully saturated rings. The van der Waals surface area contributed by atoms with E-state index >= 15 is 0 Å². The highest BCUT2D eigenvalue weighted by Crippen LogP contribution is 2.20. The van der Waals surface area contributed by atoms with Gasteiger partial charge in [0, 0.05) is 40.3 Å². The van der Waals surface area contributed by atoms with Crippen molar-refractivity contribution >= 4 is 33.2 Å². The lowest BCUT2D eigenvalue weighted by atomic mass is 10.1. The zero-order valence-corrected chi connectivity index (χ0v) is 13.8. The van der Waals surface area contributed by atoms with Crippen LogP contribution in [-0.2, 0) is 11.3 Å². The average Bonchev–Trinajstić information content (AvgIpc) is 2.61. The molecule has 0 aromatic carbocycles. The van der Waals surface area contributed by atoms with Gasteiger partial charge in [-0.1, -0.05) is 0 Å². The van der Waals surface area contributed by atoms with Crippen LogP contribution in [0.15, 0.2) is 15.9 Å². The van der Waals surface area contributed by atoms with E-state index in [1.54, 1.807) is 16.2 Å². The zero-order valence-electron chi connectivity index (χ0n) is 11.4. The summed E-state index contributed by atoms with van der Waals surface area (Å²) in [6.45, 7) is 7.71. The summed E-state index contributed by atoms with van der Waals surface area (Å²) in [6, 6.07) is 2.06. The molecule has 1 N–H and O–H groups in total. The number of halogens is 1. The van der Waals surface area contributed by atoms with Crippen LogP contribution in [0.1, 0.15) is 32.1 Å². The van der Waals surface area contributed by atoms with Gasteiger partial charge in [-0.3, -0.25) is 4.79 Å². The van der Waals surface area contributed by atoms with Crippen molar-refractivity contribution in [3.05, 3.63) is 20.8 Å². The number of carbonyl (C=O) groups is 1. The summed E-state index contributed by atoms with van der Waals surface area (Å²) >= 11 is 5.09. The van der Waals surface area contributed by atoms with Crippen LogP contribution in [0.2, 0.25) is 0 Å². The Balaban J connectivity index is 2.33. The van der Waals surface area contributed by atoms with E-state index in [1.165, 1.54) is 4.88 Å². The van der Waals surface area contributed by atoms with E-state index < -0.39 is 0 Å². The Kier molecular flexibility index (Phi) is 5.82. The van der Waals surface area contributed by atoms with Gasteiger partial charge in [-0.15, -0.1) is 11.3 Å². The second-order valence-electron chi connectivity index (χ2n) is 5.41. The number of nitrogens with one attached hydrogen (secondary N) is 1. The summed E-state index contributed by atoms with van der Waals surface area (Å²) < 4.78 is 1.08. The molecule has 1 amide bonds. The highest BCUT2D eigenvalue weighted by atomic mass is 79.9. The molecule has 0 saturated heterocycles. The molecule has 5 heteroatoms. The van der Waals surface area contributed by atoms with Crippen LogP contribution in [0.25, 0.3) is 0 Å². The van der Waals surface area contributed by atoms with Crippen LogP contribution in [0.5, 0.6) is 0 Å². The third kappa shape index (κ3) is 5.98. The molecule has 0 unspecified atom stereocenters. The normalized spacial score (nSPS) is 11.6. The summed E-state index contributed by atoms with van der Waals surface area (Å²) in [7, 11) is 1.85. The monoisotopic (exact) mass is 332 g/mol. The summed E-state index contributed by atoms with van der Waals surface area (Å²) in [5.41, 5.74) is 0.0669. The summed E-state index contributed by atoms with van der Waals surface area (Å²) in [4.78, 5) is 14.9. The molecule has 102 valence electrons. The maximum Gasteiger partial charge on any atom is 0.223 e. The molecule has 0 aliphatic carbocycles. The Labute approximate surface area is 122 Å². The lowest BCUT2D eigenvalue weighted by molar-refractivity contribution is -0.130. The van der Waals surface area contributed by atoms with Crippen molar-refractivity contribution in [1.82, 2.24) is 10.2 Å². The number of hydrogen-bond donors (Lipinski definition) is 1. The topological polar surface area (TPSA) is 32.3 Å². The van der Waals surface area contributed by atoms with Gasteiger partial charge >= 0.3 is 0 Å². The molecular formula is C13H21BrN2OS. The SMILES string of the molecule is CN(Cc1cc(Br)cs1)C(=O)CCNC(C)(C)C. The highest BCUT2D eigenvalue weighted by Gasteiger charge is 2.13. The van der Waals surface area contributed by atoms with Crippen molar-refractivity contribution in [1.29, 1.82) is 0 Å². The van der Waals surface area contributed by atoms with Crippen molar-refractivity contribution in [2.24, 2.45) is 0 Å². The van der Waals surface area contributed by atoms with Crippen molar-refractivity contribution in [3.63, 3.8) is 0 Å². The predicted octanol–water partition coefficient (Wildman–Crippen LogP) is 3.25. The molecule has 0 aliphatic heterocycles.